The molecule has 0 radical (unpaired) electrons. The number of hydrogen-bond acceptors (Lipinski definition) is 1. The highest BCUT2D eigenvalue weighted by Crippen LogP contribution is 2.50. The Kier molecular flexibility index (Phi) is 3.98. The third-order valence-corrected chi connectivity index (χ3v) is 6.20. The summed E-state index contributed by atoms with van der Waals surface area (Å²) in [5.41, 5.74) is 10.7. The Morgan fingerprint density at radius 2 is 1.61 bits per heavy atom. The van der Waals surface area contributed by atoms with E-state index in [-0.39, 0.29) is 5.41 Å². The molecule has 1 N–H and O–H groups in total. The lowest BCUT2D eigenvalue weighted by Crippen LogP contribution is -2.17. The zero-order valence-electron chi connectivity index (χ0n) is 16.5. The summed E-state index contributed by atoms with van der Waals surface area (Å²) >= 11 is 0. The van der Waals surface area contributed by atoms with Crippen molar-refractivity contribution in [3.63, 3.8) is 0 Å². The standard InChI is InChI=1S/C27H25N/c1-27(2)24-14-8-6-13-22(24)23-17-16-20(18-25(23)27)28-26-15-9-7-12-21(26)19-10-4-3-5-11-19/h3-7,9-13,15-18,28H,8,14H2,1-2H3. The molecule has 5 rings (SSSR count). The molecule has 0 bridgehead atoms. The largest absolute Gasteiger partial charge is 0.355 e. The van der Waals surface area contributed by atoms with Gasteiger partial charge in [-0.2, -0.15) is 0 Å². The van der Waals surface area contributed by atoms with Crippen molar-refractivity contribution in [1.29, 1.82) is 0 Å². The van der Waals surface area contributed by atoms with E-state index in [1.165, 1.54) is 34.2 Å². The van der Waals surface area contributed by atoms with Crippen molar-refractivity contribution < 1.29 is 0 Å². The maximum Gasteiger partial charge on any atom is 0.0463 e. The monoisotopic (exact) mass is 363 g/mol. The fourth-order valence-corrected chi connectivity index (χ4v) is 4.72. The first-order chi connectivity index (χ1) is 13.6. The first kappa shape index (κ1) is 17.1. The summed E-state index contributed by atoms with van der Waals surface area (Å²) in [6, 6.07) is 26.0. The summed E-state index contributed by atoms with van der Waals surface area (Å²) in [4.78, 5) is 0. The fourth-order valence-electron chi connectivity index (χ4n) is 4.72. The third kappa shape index (κ3) is 2.70. The number of fused-ring (bicyclic) bond motifs is 2. The van der Waals surface area contributed by atoms with E-state index >= 15 is 0 Å². The molecule has 2 aliphatic rings. The molecule has 0 fully saturated rings. The quantitative estimate of drug-likeness (QED) is 0.508. The van der Waals surface area contributed by atoms with Crippen molar-refractivity contribution in [3.8, 4) is 11.1 Å². The van der Waals surface area contributed by atoms with E-state index in [0.717, 1.165) is 17.8 Å². The van der Waals surface area contributed by atoms with Crippen molar-refractivity contribution in [3.05, 3.63) is 102 Å². The molecule has 3 aromatic rings. The van der Waals surface area contributed by atoms with Crippen molar-refractivity contribution in [1.82, 2.24) is 0 Å². The lowest BCUT2D eigenvalue weighted by atomic mass is 9.78. The first-order valence-corrected chi connectivity index (χ1v) is 10.1. The fraction of sp³-hybridized carbons (Fsp3) is 0.185. The molecule has 1 heteroatoms. The van der Waals surface area contributed by atoms with Gasteiger partial charge in [0.15, 0.2) is 0 Å². The second kappa shape index (κ2) is 6.53. The van der Waals surface area contributed by atoms with Crippen LogP contribution in [0.4, 0.5) is 11.4 Å². The molecule has 0 aromatic heterocycles. The van der Waals surface area contributed by atoms with Crippen LogP contribution in [0.5, 0.6) is 0 Å². The molecule has 138 valence electrons. The molecule has 0 atom stereocenters. The molecular weight excluding hydrogens is 338 g/mol. The molecule has 1 nitrogen and oxygen atoms in total. The maximum absolute atomic E-state index is 3.68. The minimum atomic E-state index is 0.103. The van der Waals surface area contributed by atoms with Crippen LogP contribution in [0.1, 0.15) is 37.8 Å². The van der Waals surface area contributed by atoms with Gasteiger partial charge in [-0.15, -0.1) is 0 Å². The molecule has 0 amide bonds. The van der Waals surface area contributed by atoms with Crippen molar-refractivity contribution >= 4 is 16.9 Å². The maximum atomic E-state index is 3.68. The summed E-state index contributed by atoms with van der Waals surface area (Å²) in [5.74, 6) is 0. The Morgan fingerprint density at radius 1 is 0.821 bits per heavy atom. The van der Waals surface area contributed by atoms with Gasteiger partial charge in [0.1, 0.15) is 0 Å². The van der Waals surface area contributed by atoms with Crippen molar-refractivity contribution in [2.45, 2.75) is 32.1 Å². The van der Waals surface area contributed by atoms with Crippen LogP contribution in [0.2, 0.25) is 0 Å². The zero-order chi connectivity index (χ0) is 19.1. The van der Waals surface area contributed by atoms with Gasteiger partial charge in [0.05, 0.1) is 0 Å². The molecule has 0 spiro atoms. The van der Waals surface area contributed by atoms with E-state index in [1.807, 2.05) is 0 Å². The van der Waals surface area contributed by atoms with Crippen LogP contribution in [0.15, 0.2) is 90.5 Å². The van der Waals surface area contributed by atoms with Gasteiger partial charge >= 0.3 is 0 Å². The van der Waals surface area contributed by atoms with Gasteiger partial charge < -0.3 is 5.32 Å². The van der Waals surface area contributed by atoms with Crippen LogP contribution >= 0.6 is 0 Å². The number of nitrogens with one attached hydrogen (secondary N) is 1. The van der Waals surface area contributed by atoms with Gasteiger partial charge in [0, 0.05) is 22.4 Å². The highest BCUT2D eigenvalue weighted by Gasteiger charge is 2.37. The number of rotatable bonds is 3. The van der Waals surface area contributed by atoms with Crippen molar-refractivity contribution in [2.75, 3.05) is 5.32 Å². The van der Waals surface area contributed by atoms with E-state index < -0.39 is 0 Å². The van der Waals surface area contributed by atoms with E-state index in [4.69, 9.17) is 0 Å². The zero-order valence-corrected chi connectivity index (χ0v) is 16.5. The molecule has 0 saturated carbocycles. The molecule has 0 saturated heterocycles. The van der Waals surface area contributed by atoms with Crippen LogP contribution in [0, 0.1) is 0 Å². The second-order valence-electron chi connectivity index (χ2n) is 8.26. The van der Waals surface area contributed by atoms with Gasteiger partial charge in [-0.25, -0.2) is 0 Å². The highest BCUT2D eigenvalue weighted by molar-refractivity contribution is 5.88. The van der Waals surface area contributed by atoms with E-state index in [0.29, 0.717) is 0 Å². The van der Waals surface area contributed by atoms with E-state index in [9.17, 15) is 0 Å². The smallest absolute Gasteiger partial charge is 0.0463 e. The summed E-state index contributed by atoms with van der Waals surface area (Å²) in [6.07, 6.45) is 6.97. The number of benzene rings is 3. The van der Waals surface area contributed by atoms with Crippen LogP contribution in [-0.2, 0) is 5.41 Å². The van der Waals surface area contributed by atoms with E-state index in [2.05, 4.69) is 104 Å². The lowest BCUT2D eigenvalue weighted by Gasteiger charge is -2.26. The summed E-state index contributed by atoms with van der Waals surface area (Å²) in [5, 5.41) is 3.68. The molecule has 2 aliphatic carbocycles. The summed E-state index contributed by atoms with van der Waals surface area (Å²) in [7, 11) is 0. The predicted molar refractivity (Wildman–Crippen MR) is 120 cm³/mol. The van der Waals surface area contributed by atoms with Gasteiger partial charge in [0.2, 0.25) is 0 Å². The predicted octanol–water partition coefficient (Wildman–Crippen LogP) is 7.49. The lowest BCUT2D eigenvalue weighted by molar-refractivity contribution is 0.607. The summed E-state index contributed by atoms with van der Waals surface area (Å²) < 4.78 is 0. The van der Waals surface area contributed by atoms with Crippen molar-refractivity contribution in [2.24, 2.45) is 0 Å². The molecular formula is C27H25N. The third-order valence-electron chi connectivity index (χ3n) is 6.20. The molecule has 0 unspecified atom stereocenters. The summed E-state index contributed by atoms with van der Waals surface area (Å²) in [6.45, 7) is 4.74. The Hall–Kier alpha value is -3.06. The SMILES string of the molecule is CC1(C)C2=C(C=CCC2)c2ccc(Nc3ccccc3-c3ccccc3)cc21. The molecule has 0 heterocycles. The highest BCUT2D eigenvalue weighted by atomic mass is 14.9. The topological polar surface area (TPSA) is 12.0 Å². The first-order valence-electron chi connectivity index (χ1n) is 10.1. The Balaban J connectivity index is 1.53. The normalized spacial score (nSPS) is 16.6. The number of hydrogen-bond donors (Lipinski definition) is 1. The van der Waals surface area contributed by atoms with Gasteiger partial charge in [0.25, 0.3) is 0 Å². The van der Waals surface area contributed by atoms with Gasteiger partial charge in [-0.3, -0.25) is 0 Å². The van der Waals surface area contributed by atoms with Gasteiger partial charge in [-0.1, -0.05) is 86.2 Å². The molecule has 28 heavy (non-hydrogen) atoms. The average molecular weight is 364 g/mol. The average Bonchev–Trinajstić information content (AvgIpc) is 2.96. The van der Waals surface area contributed by atoms with Crippen LogP contribution < -0.4 is 5.32 Å². The Labute approximate surface area is 167 Å². The number of para-hydroxylation sites is 1. The Morgan fingerprint density at radius 3 is 2.46 bits per heavy atom. The van der Waals surface area contributed by atoms with Crippen LogP contribution in [0.3, 0.4) is 0 Å². The molecule has 0 aliphatic heterocycles. The Bertz CT molecular complexity index is 1100. The van der Waals surface area contributed by atoms with Crippen LogP contribution in [-0.4, -0.2) is 0 Å². The number of allylic oxidation sites excluding steroid dienone is 4. The van der Waals surface area contributed by atoms with Crippen LogP contribution in [0.25, 0.3) is 16.7 Å². The molecule has 3 aromatic carbocycles. The number of anilines is 2. The minimum Gasteiger partial charge on any atom is -0.355 e. The van der Waals surface area contributed by atoms with Gasteiger partial charge in [-0.05, 0) is 53.3 Å². The second-order valence-corrected chi connectivity index (χ2v) is 8.26. The van der Waals surface area contributed by atoms with E-state index in [1.54, 1.807) is 5.57 Å². The minimum absolute atomic E-state index is 0.103.